The van der Waals surface area contributed by atoms with Crippen LogP contribution in [0.1, 0.15) is 0 Å². The molecule has 0 fully saturated rings. The van der Waals surface area contributed by atoms with Crippen molar-refractivity contribution in [2.45, 2.75) is 0 Å². The van der Waals surface area contributed by atoms with Gasteiger partial charge in [0.1, 0.15) is 5.52 Å². The van der Waals surface area contributed by atoms with Gasteiger partial charge in [-0.1, -0.05) is 0 Å². The van der Waals surface area contributed by atoms with Crippen LogP contribution in [0.4, 0.5) is 0 Å². The van der Waals surface area contributed by atoms with Crippen molar-refractivity contribution in [3.63, 3.8) is 0 Å². The van der Waals surface area contributed by atoms with Crippen LogP contribution in [0, 0.1) is 0 Å². The van der Waals surface area contributed by atoms with Crippen LogP contribution in [0.2, 0.25) is 0 Å². The molecule has 4 heterocycles. The van der Waals surface area contributed by atoms with Crippen LogP contribution in [0.25, 0.3) is 33.2 Å². The molecular weight excluding hydrogens is 214 g/mol. The third-order valence-corrected chi connectivity index (χ3v) is 2.79. The van der Waals surface area contributed by atoms with Gasteiger partial charge in [0.2, 0.25) is 5.71 Å². The highest BCUT2D eigenvalue weighted by Gasteiger charge is 2.09. The fourth-order valence-corrected chi connectivity index (χ4v) is 2.01. The predicted octanol–water partition coefficient (Wildman–Crippen LogP) is 2.92. The van der Waals surface area contributed by atoms with Crippen LogP contribution < -0.4 is 0 Å². The summed E-state index contributed by atoms with van der Waals surface area (Å²) in [4.78, 5) is 12.9. The average molecular weight is 221 g/mol. The maximum Gasteiger partial charge on any atom is 0.228 e. The summed E-state index contributed by atoms with van der Waals surface area (Å²) >= 11 is 0. The zero-order valence-electron chi connectivity index (χ0n) is 8.79. The van der Waals surface area contributed by atoms with Crippen molar-refractivity contribution in [2.24, 2.45) is 0 Å². The van der Waals surface area contributed by atoms with Crippen molar-refractivity contribution in [2.75, 3.05) is 0 Å². The van der Waals surface area contributed by atoms with Crippen LogP contribution in [-0.4, -0.2) is 15.0 Å². The minimum atomic E-state index is 0.616. The van der Waals surface area contributed by atoms with Crippen molar-refractivity contribution in [1.29, 1.82) is 0 Å². The lowest BCUT2D eigenvalue weighted by Crippen LogP contribution is -1.82. The number of aromatic nitrogens is 3. The monoisotopic (exact) mass is 221 g/mol. The van der Waals surface area contributed by atoms with Gasteiger partial charge in [0.25, 0.3) is 0 Å². The molecule has 0 radical (unpaired) electrons. The molecule has 0 aliphatic carbocycles. The molecule has 0 aromatic carbocycles. The van der Waals surface area contributed by atoms with E-state index in [1.54, 1.807) is 12.4 Å². The smallest absolute Gasteiger partial charge is 0.228 e. The third kappa shape index (κ3) is 1.15. The Kier molecular flexibility index (Phi) is 1.53. The van der Waals surface area contributed by atoms with Crippen LogP contribution >= 0.6 is 0 Å². The van der Waals surface area contributed by atoms with E-state index in [4.69, 9.17) is 4.42 Å². The molecular formula is C13H7N3O. The molecule has 0 saturated heterocycles. The molecule has 4 aromatic rings. The van der Waals surface area contributed by atoms with Gasteiger partial charge in [-0.25, -0.2) is 15.0 Å². The number of hydrogen-bond donors (Lipinski definition) is 0. The predicted molar refractivity (Wildman–Crippen MR) is 64.6 cm³/mol. The Morgan fingerprint density at radius 1 is 1.00 bits per heavy atom. The second-order valence-corrected chi connectivity index (χ2v) is 3.84. The lowest BCUT2D eigenvalue weighted by molar-refractivity contribution is 0.654. The molecule has 4 nitrogen and oxygen atoms in total. The second-order valence-electron chi connectivity index (χ2n) is 3.84. The molecule has 4 heteroatoms. The van der Waals surface area contributed by atoms with Gasteiger partial charge in [0.15, 0.2) is 11.2 Å². The lowest BCUT2D eigenvalue weighted by Gasteiger charge is -1.94. The number of rotatable bonds is 0. The molecule has 0 aliphatic heterocycles. The van der Waals surface area contributed by atoms with E-state index in [1.165, 1.54) is 0 Å². The Morgan fingerprint density at radius 2 is 1.88 bits per heavy atom. The van der Waals surface area contributed by atoms with E-state index < -0.39 is 0 Å². The quantitative estimate of drug-likeness (QED) is 0.458. The van der Waals surface area contributed by atoms with Gasteiger partial charge < -0.3 is 4.42 Å². The van der Waals surface area contributed by atoms with Crippen molar-refractivity contribution >= 4 is 33.2 Å². The zero-order valence-corrected chi connectivity index (χ0v) is 8.79. The molecule has 80 valence electrons. The van der Waals surface area contributed by atoms with Gasteiger partial charge in [-0.05, 0) is 30.3 Å². The lowest BCUT2D eigenvalue weighted by atomic mass is 10.2. The number of pyridine rings is 3. The molecule has 0 bridgehead atoms. The second kappa shape index (κ2) is 3.01. The Labute approximate surface area is 95.9 Å². The van der Waals surface area contributed by atoms with Gasteiger partial charge in [-0.15, -0.1) is 0 Å². The Balaban J connectivity index is 2.28. The van der Waals surface area contributed by atoms with E-state index in [0.29, 0.717) is 5.71 Å². The van der Waals surface area contributed by atoms with Crippen molar-refractivity contribution in [3.8, 4) is 0 Å². The van der Waals surface area contributed by atoms with E-state index in [0.717, 1.165) is 27.5 Å². The fourth-order valence-electron chi connectivity index (χ4n) is 2.01. The Bertz CT molecular complexity index is 845. The highest BCUT2D eigenvalue weighted by molar-refractivity contribution is 6.04. The van der Waals surface area contributed by atoms with Gasteiger partial charge in [-0.2, -0.15) is 0 Å². The molecule has 0 N–H and O–H groups in total. The SMILES string of the molecule is c1cnc2nc3c(cc2c1)oc1ncccc13. The van der Waals surface area contributed by atoms with Gasteiger partial charge in [-0.3, -0.25) is 0 Å². The molecule has 17 heavy (non-hydrogen) atoms. The van der Waals surface area contributed by atoms with Crippen LogP contribution in [0.15, 0.2) is 47.1 Å². The summed E-state index contributed by atoms with van der Waals surface area (Å²) in [6, 6.07) is 9.63. The largest absolute Gasteiger partial charge is 0.436 e. The molecule has 0 aliphatic rings. The zero-order chi connectivity index (χ0) is 11.2. The normalized spacial score (nSPS) is 11.5. The van der Waals surface area contributed by atoms with E-state index in [2.05, 4.69) is 15.0 Å². The van der Waals surface area contributed by atoms with Gasteiger partial charge in [0, 0.05) is 17.8 Å². The fraction of sp³-hybridized carbons (Fsp3) is 0. The minimum absolute atomic E-state index is 0.616. The summed E-state index contributed by atoms with van der Waals surface area (Å²) < 4.78 is 5.66. The summed E-state index contributed by atoms with van der Waals surface area (Å²) in [6.45, 7) is 0. The summed E-state index contributed by atoms with van der Waals surface area (Å²) in [5, 5.41) is 1.90. The minimum Gasteiger partial charge on any atom is -0.436 e. The molecule has 0 amide bonds. The molecule has 0 atom stereocenters. The first-order valence-electron chi connectivity index (χ1n) is 5.31. The number of furan rings is 1. The summed E-state index contributed by atoms with van der Waals surface area (Å²) in [5.74, 6) is 0. The van der Waals surface area contributed by atoms with E-state index in [-0.39, 0.29) is 0 Å². The van der Waals surface area contributed by atoms with Crippen molar-refractivity contribution in [1.82, 2.24) is 15.0 Å². The summed E-state index contributed by atoms with van der Waals surface area (Å²) in [7, 11) is 0. The first-order valence-corrected chi connectivity index (χ1v) is 5.31. The summed E-state index contributed by atoms with van der Waals surface area (Å²) in [6.07, 6.45) is 3.45. The molecule has 4 aromatic heterocycles. The Morgan fingerprint density at radius 3 is 2.88 bits per heavy atom. The Hall–Kier alpha value is -2.49. The standard InChI is InChI=1S/C13H7N3O/c1-3-8-7-10-11(16-12(8)14-5-1)9-4-2-6-15-13(9)17-10/h1-7H. The van der Waals surface area contributed by atoms with Crippen LogP contribution in [-0.2, 0) is 0 Å². The van der Waals surface area contributed by atoms with E-state index in [1.807, 2.05) is 30.3 Å². The average Bonchev–Trinajstić information content (AvgIpc) is 2.73. The highest BCUT2D eigenvalue weighted by atomic mass is 16.3. The van der Waals surface area contributed by atoms with Crippen molar-refractivity contribution in [3.05, 3.63) is 42.7 Å². The van der Waals surface area contributed by atoms with Gasteiger partial charge >= 0.3 is 0 Å². The first kappa shape index (κ1) is 8.64. The highest BCUT2D eigenvalue weighted by Crippen LogP contribution is 2.27. The topological polar surface area (TPSA) is 51.8 Å². The first-order chi connectivity index (χ1) is 8.42. The molecule has 0 spiro atoms. The number of hydrogen-bond acceptors (Lipinski definition) is 4. The van der Waals surface area contributed by atoms with E-state index >= 15 is 0 Å². The molecule has 0 saturated carbocycles. The maximum absolute atomic E-state index is 5.66. The summed E-state index contributed by atoms with van der Waals surface area (Å²) in [5.41, 5.74) is 2.91. The third-order valence-electron chi connectivity index (χ3n) is 2.79. The molecule has 0 unspecified atom stereocenters. The van der Waals surface area contributed by atoms with Crippen LogP contribution in [0.3, 0.4) is 0 Å². The molecule has 4 rings (SSSR count). The van der Waals surface area contributed by atoms with E-state index in [9.17, 15) is 0 Å². The maximum atomic E-state index is 5.66. The van der Waals surface area contributed by atoms with Crippen molar-refractivity contribution < 1.29 is 4.42 Å². The van der Waals surface area contributed by atoms with Gasteiger partial charge in [0.05, 0.1) is 5.39 Å². The van der Waals surface area contributed by atoms with Crippen LogP contribution in [0.5, 0.6) is 0 Å². The number of nitrogens with zero attached hydrogens (tertiary/aromatic N) is 3. The number of fused-ring (bicyclic) bond motifs is 4.